The van der Waals surface area contributed by atoms with Crippen molar-refractivity contribution in [1.82, 2.24) is 4.98 Å². The first-order valence-corrected chi connectivity index (χ1v) is 10.3. The van der Waals surface area contributed by atoms with Crippen LogP contribution in [0.4, 0.5) is 10.1 Å². The van der Waals surface area contributed by atoms with Crippen LogP contribution in [0.1, 0.15) is 43.6 Å². The van der Waals surface area contributed by atoms with Gasteiger partial charge in [-0.15, -0.1) is 0 Å². The molecule has 0 spiro atoms. The molecule has 1 aliphatic heterocycles. The molecular weight excluding hydrogens is 407 g/mol. The zero-order valence-electron chi connectivity index (χ0n) is 18.5. The SMILES string of the molecule is COc1cc(F)ccc1-c1ccc2c(c1C(OC=O)c1ccncc1)C(C)=CC(C)(C)N2. The number of allylic oxidation sites excluding steroid dienone is 1. The summed E-state index contributed by atoms with van der Waals surface area (Å²) < 4.78 is 25.1. The summed E-state index contributed by atoms with van der Waals surface area (Å²) in [4.78, 5) is 15.7. The van der Waals surface area contributed by atoms with E-state index in [0.717, 1.165) is 33.5 Å². The predicted molar refractivity (Wildman–Crippen MR) is 123 cm³/mol. The number of nitrogens with one attached hydrogen (secondary N) is 1. The van der Waals surface area contributed by atoms with Gasteiger partial charge >= 0.3 is 0 Å². The molecule has 0 bridgehead atoms. The number of fused-ring (bicyclic) bond motifs is 1. The molecule has 1 atom stereocenters. The number of methoxy groups -OCH3 is 1. The molecule has 1 aromatic heterocycles. The van der Waals surface area contributed by atoms with Crippen molar-refractivity contribution in [3.05, 3.63) is 83.4 Å². The van der Waals surface area contributed by atoms with Crippen LogP contribution in [0.15, 0.2) is 60.9 Å². The second-order valence-corrected chi connectivity index (χ2v) is 8.36. The number of benzene rings is 2. The normalized spacial score (nSPS) is 15.1. The molecule has 0 fully saturated rings. The quantitative estimate of drug-likeness (QED) is 0.502. The molecule has 0 amide bonds. The van der Waals surface area contributed by atoms with Crippen molar-refractivity contribution in [1.29, 1.82) is 0 Å². The van der Waals surface area contributed by atoms with Crippen LogP contribution < -0.4 is 10.1 Å². The molecule has 0 aliphatic carbocycles. The number of anilines is 1. The maximum absolute atomic E-state index is 13.9. The molecule has 32 heavy (non-hydrogen) atoms. The molecule has 3 aromatic rings. The summed E-state index contributed by atoms with van der Waals surface area (Å²) in [6, 6.07) is 12.0. The van der Waals surface area contributed by atoms with Crippen molar-refractivity contribution in [2.75, 3.05) is 12.4 Å². The van der Waals surface area contributed by atoms with E-state index in [2.05, 4.69) is 30.2 Å². The van der Waals surface area contributed by atoms with Crippen LogP contribution in [0, 0.1) is 5.82 Å². The van der Waals surface area contributed by atoms with Gasteiger partial charge in [0.1, 0.15) is 11.6 Å². The number of hydrogen-bond donors (Lipinski definition) is 1. The summed E-state index contributed by atoms with van der Waals surface area (Å²) in [6.45, 7) is 6.69. The molecule has 0 saturated carbocycles. The fraction of sp³-hybridized carbons (Fsp3) is 0.231. The first kappa shape index (κ1) is 21.6. The number of hydrogen-bond acceptors (Lipinski definition) is 5. The van der Waals surface area contributed by atoms with Crippen molar-refractivity contribution >= 4 is 17.7 Å². The summed E-state index contributed by atoms with van der Waals surface area (Å²) in [5, 5.41) is 3.55. The Balaban J connectivity index is 2.06. The van der Waals surface area contributed by atoms with E-state index >= 15 is 0 Å². The van der Waals surface area contributed by atoms with Gasteiger partial charge in [0.05, 0.1) is 12.6 Å². The largest absolute Gasteiger partial charge is 0.496 e. The number of nitrogens with zero attached hydrogens (tertiary/aromatic N) is 1. The maximum atomic E-state index is 13.9. The van der Waals surface area contributed by atoms with Crippen molar-refractivity contribution < 1.29 is 18.7 Å². The zero-order chi connectivity index (χ0) is 22.9. The van der Waals surface area contributed by atoms with Gasteiger partial charge < -0.3 is 14.8 Å². The van der Waals surface area contributed by atoms with E-state index in [1.807, 2.05) is 31.2 Å². The Morgan fingerprint density at radius 2 is 1.81 bits per heavy atom. The topological polar surface area (TPSA) is 60.5 Å². The van der Waals surface area contributed by atoms with Crippen LogP contribution in [0.25, 0.3) is 16.7 Å². The van der Waals surface area contributed by atoms with Crippen molar-refractivity contribution in [3.8, 4) is 16.9 Å². The highest BCUT2D eigenvalue weighted by molar-refractivity contribution is 5.89. The molecule has 2 aromatic carbocycles. The highest BCUT2D eigenvalue weighted by atomic mass is 19.1. The Kier molecular flexibility index (Phi) is 5.70. The lowest BCUT2D eigenvalue weighted by molar-refractivity contribution is -0.132. The Labute approximate surface area is 186 Å². The van der Waals surface area contributed by atoms with E-state index in [0.29, 0.717) is 17.8 Å². The Morgan fingerprint density at radius 1 is 1.09 bits per heavy atom. The summed E-state index contributed by atoms with van der Waals surface area (Å²) in [5.74, 6) is 0.0101. The molecule has 1 unspecified atom stereocenters. The third kappa shape index (κ3) is 3.96. The summed E-state index contributed by atoms with van der Waals surface area (Å²) >= 11 is 0. The van der Waals surface area contributed by atoms with E-state index in [4.69, 9.17) is 9.47 Å². The first-order chi connectivity index (χ1) is 15.3. The monoisotopic (exact) mass is 432 g/mol. The Hall–Kier alpha value is -3.67. The third-order valence-electron chi connectivity index (χ3n) is 5.59. The van der Waals surface area contributed by atoms with E-state index in [1.165, 1.54) is 19.2 Å². The van der Waals surface area contributed by atoms with Gasteiger partial charge in [0, 0.05) is 46.4 Å². The average Bonchev–Trinajstić information content (AvgIpc) is 2.76. The van der Waals surface area contributed by atoms with Gasteiger partial charge in [-0.05, 0) is 62.2 Å². The molecule has 0 radical (unpaired) electrons. The van der Waals surface area contributed by atoms with Crippen LogP contribution in [-0.2, 0) is 9.53 Å². The van der Waals surface area contributed by atoms with Crippen molar-refractivity contribution in [2.45, 2.75) is 32.4 Å². The molecule has 6 heteroatoms. The molecule has 2 heterocycles. The highest BCUT2D eigenvalue weighted by Gasteiger charge is 2.31. The van der Waals surface area contributed by atoms with Gasteiger partial charge in [-0.2, -0.15) is 0 Å². The van der Waals surface area contributed by atoms with Crippen LogP contribution >= 0.6 is 0 Å². The van der Waals surface area contributed by atoms with Gasteiger partial charge in [0.25, 0.3) is 6.47 Å². The standard InChI is InChI=1S/C26H25FN2O3/c1-16-14-26(2,3)29-21-8-7-20(19-6-5-18(27)13-22(19)31-4)24(23(16)21)25(32-15-30)17-9-11-28-12-10-17/h5-15,25,29H,1-4H3. The first-order valence-electron chi connectivity index (χ1n) is 10.3. The highest BCUT2D eigenvalue weighted by Crippen LogP contribution is 2.46. The minimum absolute atomic E-state index is 0.235. The van der Waals surface area contributed by atoms with Crippen molar-refractivity contribution in [3.63, 3.8) is 0 Å². The van der Waals surface area contributed by atoms with E-state index < -0.39 is 6.10 Å². The van der Waals surface area contributed by atoms with E-state index in [1.54, 1.807) is 18.5 Å². The molecule has 4 rings (SSSR count). The summed E-state index contributed by atoms with van der Waals surface area (Å²) in [6.07, 6.45) is 4.78. The summed E-state index contributed by atoms with van der Waals surface area (Å²) in [7, 11) is 1.51. The molecular formula is C26H25FN2O3. The zero-order valence-corrected chi connectivity index (χ0v) is 18.5. The second-order valence-electron chi connectivity index (χ2n) is 8.36. The third-order valence-corrected chi connectivity index (χ3v) is 5.59. The smallest absolute Gasteiger partial charge is 0.294 e. The van der Waals surface area contributed by atoms with Gasteiger partial charge in [0.2, 0.25) is 0 Å². The predicted octanol–water partition coefficient (Wildman–Crippen LogP) is 5.77. The number of carbonyl (C=O) groups excluding carboxylic acids is 1. The molecule has 0 saturated heterocycles. The van der Waals surface area contributed by atoms with Crippen LogP contribution in [-0.4, -0.2) is 24.1 Å². The number of pyridine rings is 1. The Morgan fingerprint density at radius 3 is 2.50 bits per heavy atom. The van der Waals surface area contributed by atoms with Crippen molar-refractivity contribution in [2.24, 2.45) is 0 Å². The molecule has 1 aliphatic rings. The summed E-state index contributed by atoms with van der Waals surface area (Å²) in [5.41, 5.74) is 5.76. The fourth-order valence-electron chi connectivity index (χ4n) is 4.45. The number of rotatable bonds is 6. The lowest BCUT2D eigenvalue weighted by Gasteiger charge is -2.35. The lowest BCUT2D eigenvalue weighted by atomic mass is 9.82. The lowest BCUT2D eigenvalue weighted by Crippen LogP contribution is -2.32. The molecule has 164 valence electrons. The van der Waals surface area contributed by atoms with E-state index in [-0.39, 0.29) is 11.4 Å². The Bertz CT molecular complexity index is 1190. The van der Waals surface area contributed by atoms with Crippen LogP contribution in [0.5, 0.6) is 5.75 Å². The minimum atomic E-state index is -0.693. The maximum Gasteiger partial charge on any atom is 0.294 e. The van der Waals surface area contributed by atoms with E-state index in [9.17, 15) is 9.18 Å². The molecule has 5 nitrogen and oxygen atoms in total. The minimum Gasteiger partial charge on any atom is -0.496 e. The van der Waals surface area contributed by atoms with Gasteiger partial charge in [0.15, 0.2) is 6.10 Å². The fourth-order valence-corrected chi connectivity index (χ4v) is 4.45. The van der Waals surface area contributed by atoms with Crippen LogP contribution in [0.3, 0.4) is 0 Å². The second kappa shape index (κ2) is 8.46. The number of aromatic nitrogens is 1. The van der Waals surface area contributed by atoms with Gasteiger partial charge in [-0.3, -0.25) is 9.78 Å². The molecule has 1 N–H and O–H groups in total. The van der Waals surface area contributed by atoms with Gasteiger partial charge in [-0.1, -0.05) is 12.1 Å². The number of halogens is 1. The number of ether oxygens (including phenoxy) is 2. The number of carbonyl (C=O) groups is 1. The van der Waals surface area contributed by atoms with Crippen LogP contribution in [0.2, 0.25) is 0 Å². The van der Waals surface area contributed by atoms with Gasteiger partial charge in [-0.25, -0.2) is 4.39 Å². The average molecular weight is 432 g/mol.